The Morgan fingerprint density at radius 2 is 1.78 bits per heavy atom. The summed E-state index contributed by atoms with van der Waals surface area (Å²) in [4.78, 5) is 0. The SMILES string of the molecule is C#Cc1cccc(NCc2cc(F)cc(F)c2)c1. The number of rotatable bonds is 3. The molecule has 0 amide bonds. The molecule has 3 heteroatoms. The minimum absolute atomic E-state index is 0.336. The first kappa shape index (κ1) is 12.1. The summed E-state index contributed by atoms with van der Waals surface area (Å²) < 4.78 is 26.0. The lowest BCUT2D eigenvalue weighted by molar-refractivity contribution is 0.580. The third-order valence-corrected chi connectivity index (χ3v) is 2.45. The number of benzene rings is 2. The van der Waals surface area contributed by atoms with Gasteiger partial charge in [0.1, 0.15) is 11.6 Å². The van der Waals surface area contributed by atoms with Gasteiger partial charge in [-0.3, -0.25) is 0 Å². The van der Waals surface area contributed by atoms with E-state index < -0.39 is 11.6 Å². The lowest BCUT2D eigenvalue weighted by atomic mass is 10.2. The molecule has 2 rings (SSSR count). The van der Waals surface area contributed by atoms with Gasteiger partial charge >= 0.3 is 0 Å². The Labute approximate surface area is 104 Å². The molecule has 18 heavy (non-hydrogen) atoms. The molecule has 0 bridgehead atoms. The molecule has 0 saturated carbocycles. The standard InChI is InChI=1S/C15H11F2N/c1-2-11-4-3-5-15(8-11)18-10-12-6-13(16)9-14(17)7-12/h1,3-9,18H,10H2. The average Bonchev–Trinajstić information content (AvgIpc) is 2.35. The molecule has 2 aromatic rings. The van der Waals surface area contributed by atoms with Crippen LogP contribution in [0.4, 0.5) is 14.5 Å². The lowest BCUT2D eigenvalue weighted by Crippen LogP contribution is -2.00. The Morgan fingerprint density at radius 3 is 2.44 bits per heavy atom. The van der Waals surface area contributed by atoms with Crippen LogP contribution in [0.1, 0.15) is 11.1 Å². The van der Waals surface area contributed by atoms with Crippen LogP contribution < -0.4 is 5.32 Å². The van der Waals surface area contributed by atoms with Gasteiger partial charge in [-0.1, -0.05) is 12.0 Å². The van der Waals surface area contributed by atoms with E-state index in [0.717, 1.165) is 17.3 Å². The van der Waals surface area contributed by atoms with Crippen LogP contribution in [0, 0.1) is 24.0 Å². The Balaban J connectivity index is 2.09. The van der Waals surface area contributed by atoms with Gasteiger partial charge in [-0.25, -0.2) is 8.78 Å². The summed E-state index contributed by atoms with van der Waals surface area (Å²) in [5, 5.41) is 3.06. The van der Waals surface area contributed by atoms with Crippen molar-refractivity contribution in [2.45, 2.75) is 6.54 Å². The number of terminal acetylenes is 1. The Kier molecular flexibility index (Phi) is 3.59. The van der Waals surface area contributed by atoms with E-state index in [0.29, 0.717) is 12.1 Å². The van der Waals surface area contributed by atoms with Gasteiger partial charge in [0.05, 0.1) is 0 Å². The van der Waals surface area contributed by atoms with E-state index in [4.69, 9.17) is 6.42 Å². The molecule has 0 saturated heterocycles. The zero-order chi connectivity index (χ0) is 13.0. The predicted octanol–water partition coefficient (Wildman–Crippen LogP) is 3.56. The van der Waals surface area contributed by atoms with Crippen LogP contribution in [0.3, 0.4) is 0 Å². The predicted molar refractivity (Wildman–Crippen MR) is 68.1 cm³/mol. The number of halogens is 2. The number of anilines is 1. The van der Waals surface area contributed by atoms with Crippen LogP contribution in [0.2, 0.25) is 0 Å². The van der Waals surface area contributed by atoms with Gasteiger partial charge in [-0.15, -0.1) is 6.42 Å². The average molecular weight is 243 g/mol. The number of hydrogen-bond acceptors (Lipinski definition) is 1. The first-order valence-corrected chi connectivity index (χ1v) is 5.43. The molecule has 0 aliphatic carbocycles. The summed E-state index contributed by atoms with van der Waals surface area (Å²) in [5.41, 5.74) is 2.11. The van der Waals surface area contributed by atoms with Gasteiger partial charge in [0.25, 0.3) is 0 Å². The highest BCUT2D eigenvalue weighted by Crippen LogP contribution is 2.13. The van der Waals surface area contributed by atoms with Crippen molar-refractivity contribution in [3.8, 4) is 12.3 Å². The van der Waals surface area contributed by atoms with Crippen LogP contribution >= 0.6 is 0 Å². The lowest BCUT2D eigenvalue weighted by Gasteiger charge is -2.07. The molecule has 0 fully saturated rings. The van der Waals surface area contributed by atoms with E-state index >= 15 is 0 Å². The molecule has 0 aromatic heterocycles. The largest absolute Gasteiger partial charge is 0.381 e. The summed E-state index contributed by atoms with van der Waals surface area (Å²) >= 11 is 0. The Hall–Kier alpha value is -2.34. The van der Waals surface area contributed by atoms with Crippen LogP contribution in [-0.4, -0.2) is 0 Å². The first-order valence-electron chi connectivity index (χ1n) is 5.43. The molecular weight excluding hydrogens is 232 g/mol. The van der Waals surface area contributed by atoms with Crippen LogP contribution in [0.25, 0.3) is 0 Å². The second-order valence-corrected chi connectivity index (χ2v) is 3.86. The second-order valence-electron chi connectivity index (χ2n) is 3.86. The highest BCUT2D eigenvalue weighted by Gasteiger charge is 2.00. The van der Waals surface area contributed by atoms with Crippen LogP contribution in [0.5, 0.6) is 0 Å². The highest BCUT2D eigenvalue weighted by atomic mass is 19.1. The first-order chi connectivity index (χ1) is 8.67. The molecule has 2 aromatic carbocycles. The van der Waals surface area contributed by atoms with E-state index in [9.17, 15) is 8.78 Å². The minimum Gasteiger partial charge on any atom is -0.381 e. The van der Waals surface area contributed by atoms with Crippen molar-refractivity contribution < 1.29 is 8.78 Å². The monoisotopic (exact) mass is 243 g/mol. The number of hydrogen-bond donors (Lipinski definition) is 1. The molecular formula is C15H11F2N. The zero-order valence-electron chi connectivity index (χ0n) is 9.58. The normalized spacial score (nSPS) is 9.83. The maximum absolute atomic E-state index is 13.0. The maximum atomic E-state index is 13.0. The second kappa shape index (κ2) is 5.33. The topological polar surface area (TPSA) is 12.0 Å². The van der Waals surface area contributed by atoms with Gasteiger partial charge in [0, 0.05) is 23.9 Å². The molecule has 0 unspecified atom stereocenters. The van der Waals surface area contributed by atoms with Crippen molar-refractivity contribution in [1.29, 1.82) is 0 Å². The van der Waals surface area contributed by atoms with E-state index in [1.807, 2.05) is 18.2 Å². The van der Waals surface area contributed by atoms with Crippen molar-refractivity contribution in [2.75, 3.05) is 5.32 Å². The molecule has 0 heterocycles. The summed E-state index contributed by atoms with van der Waals surface area (Å²) in [6.07, 6.45) is 5.29. The van der Waals surface area contributed by atoms with Gasteiger partial charge in [0.15, 0.2) is 0 Å². The molecule has 1 N–H and O–H groups in total. The van der Waals surface area contributed by atoms with Crippen molar-refractivity contribution in [3.05, 3.63) is 65.2 Å². The minimum atomic E-state index is -0.579. The summed E-state index contributed by atoms with van der Waals surface area (Å²) in [7, 11) is 0. The van der Waals surface area contributed by atoms with Gasteiger partial charge in [-0.2, -0.15) is 0 Å². The third-order valence-electron chi connectivity index (χ3n) is 2.45. The zero-order valence-corrected chi connectivity index (χ0v) is 9.58. The van der Waals surface area contributed by atoms with Crippen molar-refractivity contribution in [1.82, 2.24) is 0 Å². The van der Waals surface area contributed by atoms with E-state index in [1.54, 1.807) is 6.07 Å². The summed E-state index contributed by atoms with van der Waals surface area (Å²) in [5.74, 6) is 1.36. The third kappa shape index (κ3) is 3.08. The van der Waals surface area contributed by atoms with E-state index in [1.165, 1.54) is 12.1 Å². The number of nitrogens with one attached hydrogen (secondary N) is 1. The van der Waals surface area contributed by atoms with Crippen molar-refractivity contribution in [3.63, 3.8) is 0 Å². The molecule has 90 valence electrons. The molecule has 1 nitrogen and oxygen atoms in total. The van der Waals surface area contributed by atoms with Gasteiger partial charge < -0.3 is 5.32 Å². The summed E-state index contributed by atoms with van der Waals surface area (Å²) in [6.45, 7) is 0.336. The van der Waals surface area contributed by atoms with Gasteiger partial charge in [0.2, 0.25) is 0 Å². The smallest absolute Gasteiger partial charge is 0.126 e. The van der Waals surface area contributed by atoms with Crippen LogP contribution in [-0.2, 0) is 6.54 Å². The Bertz CT molecular complexity index is 579. The van der Waals surface area contributed by atoms with Crippen molar-refractivity contribution >= 4 is 5.69 Å². The quantitative estimate of drug-likeness (QED) is 0.813. The molecule has 0 radical (unpaired) electrons. The molecule has 0 spiro atoms. The van der Waals surface area contributed by atoms with E-state index in [-0.39, 0.29) is 0 Å². The summed E-state index contributed by atoms with van der Waals surface area (Å²) in [6, 6.07) is 10.7. The van der Waals surface area contributed by atoms with E-state index in [2.05, 4.69) is 11.2 Å². The fourth-order valence-corrected chi connectivity index (χ4v) is 1.64. The maximum Gasteiger partial charge on any atom is 0.126 e. The van der Waals surface area contributed by atoms with Crippen molar-refractivity contribution in [2.24, 2.45) is 0 Å². The fraction of sp³-hybridized carbons (Fsp3) is 0.0667. The van der Waals surface area contributed by atoms with Crippen LogP contribution in [0.15, 0.2) is 42.5 Å². The highest BCUT2D eigenvalue weighted by molar-refractivity contribution is 5.50. The molecule has 0 aliphatic rings. The fourth-order valence-electron chi connectivity index (χ4n) is 1.64. The van der Waals surface area contributed by atoms with Gasteiger partial charge in [-0.05, 0) is 35.9 Å². The Morgan fingerprint density at radius 1 is 1.06 bits per heavy atom. The molecule has 0 atom stereocenters. The molecule has 0 aliphatic heterocycles.